The molecule has 3 rings (SSSR count). The van der Waals surface area contributed by atoms with Gasteiger partial charge in [0.2, 0.25) is 0 Å². The molecule has 0 fully saturated rings. The zero-order valence-corrected chi connectivity index (χ0v) is 13.3. The van der Waals surface area contributed by atoms with E-state index in [2.05, 4.69) is 0 Å². The molecule has 0 spiro atoms. The van der Waals surface area contributed by atoms with Gasteiger partial charge in [0.25, 0.3) is 0 Å². The van der Waals surface area contributed by atoms with Gasteiger partial charge in [-0.25, -0.2) is 0 Å². The van der Waals surface area contributed by atoms with E-state index in [9.17, 15) is 13.2 Å². The zero-order chi connectivity index (χ0) is 16.4. The second-order valence-electron chi connectivity index (χ2n) is 5.40. The number of hydrogen-bond acceptors (Lipinski definition) is 3. The number of alkyl halides is 3. The molecule has 1 aliphatic rings. The van der Waals surface area contributed by atoms with Gasteiger partial charge in [-0.15, -0.1) is 0 Å². The molecular formula is C17H17F3N2S. The van der Waals surface area contributed by atoms with E-state index in [0.29, 0.717) is 18.8 Å². The molecule has 122 valence electrons. The van der Waals surface area contributed by atoms with Crippen LogP contribution in [0, 0.1) is 0 Å². The van der Waals surface area contributed by atoms with Gasteiger partial charge in [-0.05, 0) is 49.7 Å². The minimum absolute atomic E-state index is 0.583. The first-order valence-corrected chi connectivity index (χ1v) is 8.28. The lowest BCUT2D eigenvalue weighted by Gasteiger charge is -2.33. The molecule has 0 radical (unpaired) electrons. The Kier molecular flexibility index (Phi) is 4.55. The fraction of sp³-hybridized carbons (Fsp3) is 0.294. The number of fused-ring (bicyclic) bond motifs is 2. The van der Waals surface area contributed by atoms with Crippen LogP contribution in [0.1, 0.15) is 18.4 Å². The van der Waals surface area contributed by atoms with Crippen molar-refractivity contribution in [2.24, 2.45) is 5.73 Å². The highest BCUT2D eigenvalue weighted by atomic mass is 32.2. The molecule has 0 unspecified atom stereocenters. The molecule has 1 heterocycles. The molecule has 0 saturated carbocycles. The van der Waals surface area contributed by atoms with Crippen LogP contribution in [0.2, 0.25) is 0 Å². The van der Waals surface area contributed by atoms with Crippen molar-refractivity contribution in [1.29, 1.82) is 0 Å². The minimum Gasteiger partial charge on any atom is -0.340 e. The third kappa shape index (κ3) is 3.33. The number of para-hydroxylation sites is 1. The molecule has 2 aromatic carbocycles. The minimum atomic E-state index is -4.33. The van der Waals surface area contributed by atoms with Crippen LogP contribution in [0.3, 0.4) is 0 Å². The van der Waals surface area contributed by atoms with Gasteiger partial charge in [0.05, 0.1) is 16.9 Å². The first-order valence-electron chi connectivity index (χ1n) is 7.46. The van der Waals surface area contributed by atoms with Crippen molar-refractivity contribution < 1.29 is 13.2 Å². The molecule has 2 nitrogen and oxygen atoms in total. The third-order valence-electron chi connectivity index (χ3n) is 3.79. The quantitative estimate of drug-likeness (QED) is 0.791. The summed E-state index contributed by atoms with van der Waals surface area (Å²) in [5, 5.41) is 0. The average molecular weight is 338 g/mol. The number of halogens is 3. The molecule has 0 bridgehead atoms. The first kappa shape index (κ1) is 16.2. The number of anilines is 2. The molecule has 0 saturated heterocycles. The monoisotopic (exact) mass is 338 g/mol. The van der Waals surface area contributed by atoms with Gasteiger partial charge < -0.3 is 10.6 Å². The van der Waals surface area contributed by atoms with Gasteiger partial charge in [-0.1, -0.05) is 23.9 Å². The molecule has 2 aromatic rings. The molecule has 0 aliphatic carbocycles. The van der Waals surface area contributed by atoms with Crippen LogP contribution >= 0.6 is 11.8 Å². The van der Waals surface area contributed by atoms with E-state index in [0.717, 1.165) is 34.4 Å². The molecular weight excluding hydrogens is 321 g/mol. The van der Waals surface area contributed by atoms with E-state index in [4.69, 9.17) is 5.73 Å². The lowest BCUT2D eigenvalue weighted by Crippen LogP contribution is -2.23. The number of nitrogens with two attached hydrogens (primary N) is 1. The number of benzene rings is 2. The second-order valence-corrected chi connectivity index (χ2v) is 6.48. The van der Waals surface area contributed by atoms with Crippen LogP contribution in [-0.2, 0) is 6.18 Å². The lowest BCUT2D eigenvalue weighted by atomic mass is 10.1. The normalized spacial score (nSPS) is 13.7. The van der Waals surface area contributed by atoms with E-state index in [-0.39, 0.29) is 0 Å². The molecule has 1 aliphatic heterocycles. The van der Waals surface area contributed by atoms with Gasteiger partial charge in [0.15, 0.2) is 0 Å². The third-order valence-corrected chi connectivity index (χ3v) is 4.92. The Balaban J connectivity index is 2.03. The highest BCUT2D eigenvalue weighted by Crippen LogP contribution is 2.49. The predicted molar refractivity (Wildman–Crippen MR) is 87.3 cm³/mol. The van der Waals surface area contributed by atoms with Crippen LogP contribution in [0.4, 0.5) is 24.5 Å². The Morgan fingerprint density at radius 2 is 1.70 bits per heavy atom. The van der Waals surface area contributed by atoms with E-state index in [1.807, 2.05) is 29.2 Å². The smallest absolute Gasteiger partial charge is 0.340 e. The van der Waals surface area contributed by atoms with Crippen molar-refractivity contribution in [2.75, 3.05) is 18.0 Å². The van der Waals surface area contributed by atoms with Crippen molar-refractivity contribution in [3.63, 3.8) is 0 Å². The number of hydrogen-bond donors (Lipinski definition) is 1. The number of nitrogens with zero attached hydrogens (tertiary/aromatic N) is 1. The van der Waals surface area contributed by atoms with E-state index in [1.54, 1.807) is 6.07 Å². The summed E-state index contributed by atoms with van der Waals surface area (Å²) >= 11 is 1.51. The van der Waals surface area contributed by atoms with Crippen molar-refractivity contribution >= 4 is 23.1 Å². The van der Waals surface area contributed by atoms with Crippen LogP contribution < -0.4 is 10.6 Å². The highest BCUT2D eigenvalue weighted by Gasteiger charge is 2.33. The molecule has 0 amide bonds. The summed E-state index contributed by atoms with van der Waals surface area (Å²) in [6.45, 7) is 1.24. The summed E-state index contributed by atoms with van der Waals surface area (Å²) in [5.41, 5.74) is 6.52. The molecule has 0 atom stereocenters. The standard InChI is InChI=1S/C17H17F3N2S/c18-17(19,20)12-7-8-16-14(11-12)22(10-4-3-9-21)13-5-1-2-6-15(13)23-16/h1-2,5-8,11H,3-4,9-10,21H2. The lowest BCUT2D eigenvalue weighted by molar-refractivity contribution is -0.137. The summed E-state index contributed by atoms with van der Waals surface area (Å²) in [5.74, 6) is 0. The Labute approximate surface area is 137 Å². The predicted octanol–water partition coefficient (Wildman–Crippen LogP) is 5.05. The maximum atomic E-state index is 13.0. The Bertz CT molecular complexity index is 700. The largest absolute Gasteiger partial charge is 0.416 e. The summed E-state index contributed by atoms with van der Waals surface area (Å²) in [4.78, 5) is 3.89. The molecule has 2 N–H and O–H groups in total. The number of unbranched alkanes of at least 4 members (excludes halogenated alkanes) is 1. The summed E-state index contributed by atoms with van der Waals surface area (Å²) in [6, 6.07) is 11.8. The first-order chi connectivity index (χ1) is 11.0. The fourth-order valence-corrected chi connectivity index (χ4v) is 3.74. The molecule has 0 aromatic heterocycles. The fourth-order valence-electron chi connectivity index (χ4n) is 2.66. The van der Waals surface area contributed by atoms with Gasteiger partial charge in [-0.2, -0.15) is 13.2 Å². The van der Waals surface area contributed by atoms with Crippen LogP contribution in [0.5, 0.6) is 0 Å². The summed E-state index contributed by atoms with van der Waals surface area (Å²) < 4.78 is 39.1. The maximum Gasteiger partial charge on any atom is 0.416 e. The molecule has 23 heavy (non-hydrogen) atoms. The van der Waals surface area contributed by atoms with Gasteiger partial charge in [-0.3, -0.25) is 0 Å². The van der Waals surface area contributed by atoms with Gasteiger partial charge >= 0.3 is 6.18 Å². The number of rotatable bonds is 4. The van der Waals surface area contributed by atoms with Crippen LogP contribution in [0.15, 0.2) is 52.3 Å². The summed E-state index contributed by atoms with van der Waals surface area (Å²) in [7, 11) is 0. The van der Waals surface area contributed by atoms with Crippen LogP contribution in [0.25, 0.3) is 0 Å². The topological polar surface area (TPSA) is 29.3 Å². The summed E-state index contributed by atoms with van der Waals surface area (Å²) in [6.07, 6.45) is -2.65. The van der Waals surface area contributed by atoms with Crippen molar-refractivity contribution in [3.05, 3.63) is 48.0 Å². The Morgan fingerprint density at radius 3 is 2.43 bits per heavy atom. The van der Waals surface area contributed by atoms with E-state index < -0.39 is 11.7 Å². The SMILES string of the molecule is NCCCCN1c2ccccc2Sc2ccc(C(F)(F)F)cc21. The van der Waals surface area contributed by atoms with Crippen molar-refractivity contribution in [2.45, 2.75) is 28.8 Å². The second kappa shape index (κ2) is 6.45. The van der Waals surface area contributed by atoms with Crippen LogP contribution in [-0.4, -0.2) is 13.1 Å². The van der Waals surface area contributed by atoms with Gasteiger partial charge in [0, 0.05) is 16.3 Å². The van der Waals surface area contributed by atoms with Crippen molar-refractivity contribution in [3.8, 4) is 0 Å². The zero-order valence-electron chi connectivity index (χ0n) is 12.4. The van der Waals surface area contributed by atoms with E-state index >= 15 is 0 Å². The van der Waals surface area contributed by atoms with Crippen molar-refractivity contribution in [1.82, 2.24) is 0 Å². The maximum absolute atomic E-state index is 13.0. The average Bonchev–Trinajstić information content (AvgIpc) is 2.53. The Hall–Kier alpha value is -1.66. The Morgan fingerprint density at radius 1 is 0.957 bits per heavy atom. The van der Waals surface area contributed by atoms with Gasteiger partial charge in [0.1, 0.15) is 0 Å². The van der Waals surface area contributed by atoms with E-state index in [1.165, 1.54) is 17.8 Å². The molecule has 6 heteroatoms. The highest BCUT2D eigenvalue weighted by molar-refractivity contribution is 7.99.